The molecule has 0 saturated carbocycles. The zero-order valence-electron chi connectivity index (χ0n) is 10.5. The fraction of sp³-hybridized carbons (Fsp3) is 0.538. The Kier molecular flexibility index (Phi) is 2.81. The first-order valence-electron chi connectivity index (χ1n) is 5.88. The zero-order valence-corrected chi connectivity index (χ0v) is 10.5. The van der Waals surface area contributed by atoms with E-state index < -0.39 is 11.6 Å². The maximum absolute atomic E-state index is 11.9. The van der Waals surface area contributed by atoms with E-state index in [0.717, 1.165) is 30.5 Å². The molecule has 0 saturated heterocycles. The molecule has 17 heavy (non-hydrogen) atoms. The van der Waals surface area contributed by atoms with Crippen molar-refractivity contribution < 1.29 is 9.53 Å². The van der Waals surface area contributed by atoms with Crippen LogP contribution in [0.2, 0.25) is 0 Å². The summed E-state index contributed by atoms with van der Waals surface area (Å²) < 4.78 is 5.31. The molecule has 1 aromatic rings. The largest absolute Gasteiger partial charge is 0.456 e. The van der Waals surface area contributed by atoms with Crippen molar-refractivity contribution in [3.8, 4) is 0 Å². The Morgan fingerprint density at radius 2 is 2.12 bits per heavy atom. The molecule has 2 N–H and O–H groups in total. The normalized spacial score (nSPS) is 14.5. The lowest BCUT2D eigenvalue weighted by Gasteiger charge is -2.20. The van der Waals surface area contributed by atoms with E-state index in [0.29, 0.717) is 5.56 Å². The number of pyridine rings is 1. The molecule has 1 aliphatic rings. The van der Waals surface area contributed by atoms with Crippen molar-refractivity contribution in [3.63, 3.8) is 0 Å². The first kappa shape index (κ1) is 11.9. The number of aryl methyl sites for hydroxylation is 2. The second-order valence-corrected chi connectivity index (χ2v) is 5.38. The van der Waals surface area contributed by atoms with Crippen LogP contribution < -0.4 is 5.73 Å². The number of rotatable bonds is 1. The summed E-state index contributed by atoms with van der Waals surface area (Å²) in [4.78, 5) is 16.2. The molecule has 4 heteroatoms. The molecule has 1 aliphatic carbocycles. The third-order valence-electron chi connectivity index (χ3n) is 2.70. The van der Waals surface area contributed by atoms with E-state index in [1.165, 1.54) is 0 Å². The van der Waals surface area contributed by atoms with Crippen LogP contribution in [0.5, 0.6) is 0 Å². The Morgan fingerprint density at radius 1 is 1.41 bits per heavy atom. The molecule has 0 unspecified atom stereocenters. The van der Waals surface area contributed by atoms with Gasteiger partial charge in [0.25, 0.3) is 0 Å². The molecule has 0 amide bonds. The highest BCUT2D eigenvalue weighted by Gasteiger charge is 2.23. The van der Waals surface area contributed by atoms with Crippen LogP contribution in [-0.4, -0.2) is 16.6 Å². The van der Waals surface area contributed by atoms with Gasteiger partial charge in [0.15, 0.2) is 0 Å². The number of carbonyl (C=O) groups is 1. The molecular formula is C13H18N2O2. The zero-order chi connectivity index (χ0) is 12.6. The van der Waals surface area contributed by atoms with Gasteiger partial charge in [-0.05, 0) is 51.7 Å². The average Bonchev–Trinajstić information content (AvgIpc) is 2.60. The Balaban J connectivity index is 2.30. The minimum absolute atomic E-state index is 0.278. The van der Waals surface area contributed by atoms with Crippen LogP contribution in [0.15, 0.2) is 6.07 Å². The Labute approximate surface area is 101 Å². The SMILES string of the molecule is CC(C)(C)OC(=O)c1cc2c(nc1N)CCC2. The van der Waals surface area contributed by atoms with Crippen LogP contribution in [0.4, 0.5) is 5.82 Å². The number of hydrogen-bond acceptors (Lipinski definition) is 4. The summed E-state index contributed by atoms with van der Waals surface area (Å²) in [6, 6.07) is 1.83. The van der Waals surface area contributed by atoms with Gasteiger partial charge in [0.2, 0.25) is 0 Å². The van der Waals surface area contributed by atoms with E-state index in [4.69, 9.17) is 10.5 Å². The van der Waals surface area contributed by atoms with Gasteiger partial charge in [-0.25, -0.2) is 9.78 Å². The molecule has 0 fully saturated rings. The molecular weight excluding hydrogens is 216 g/mol. The lowest BCUT2D eigenvalue weighted by molar-refractivity contribution is 0.00703. The fourth-order valence-corrected chi connectivity index (χ4v) is 1.98. The molecule has 0 atom stereocenters. The Hall–Kier alpha value is -1.58. The first-order valence-corrected chi connectivity index (χ1v) is 5.88. The number of hydrogen-bond donors (Lipinski definition) is 1. The van der Waals surface area contributed by atoms with Gasteiger partial charge in [-0.15, -0.1) is 0 Å². The highest BCUT2D eigenvalue weighted by Crippen LogP contribution is 2.25. The van der Waals surface area contributed by atoms with E-state index >= 15 is 0 Å². The van der Waals surface area contributed by atoms with Gasteiger partial charge in [0.05, 0.1) is 0 Å². The number of nitrogens with two attached hydrogens (primary N) is 1. The fourth-order valence-electron chi connectivity index (χ4n) is 1.98. The summed E-state index contributed by atoms with van der Waals surface area (Å²) in [6.45, 7) is 5.51. The summed E-state index contributed by atoms with van der Waals surface area (Å²) in [6.07, 6.45) is 3.01. The molecule has 0 spiro atoms. The summed E-state index contributed by atoms with van der Waals surface area (Å²) in [7, 11) is 0. The van der Waals surface area contributed by atoms with Crippen LogP contribution in [0.3, 0.4) is 0 Å². The lowest BCUT2D eigenvalue weighted by Crippen LogP contribution is -2.24. The second-order valence-electron chi connectivity index (χ2n) is 5.38. The number of anilines is 1. The summed E-state index contributed by atoms with van der Waals surface area (Å²) >= 11 is 0. The number of esters is 1. The van der Waals surface area contributed by atoms with E-state index in [1.54, 1.807) is 0 Å². The molecule has 0 radical (unpaired) electrons. The van der Waals surface area contributed by atoms with Crippen molar-refractivity contribution in [2.45, 2.75) is 45.6 Å². The summed E-state index contributed by atoms with van der Waals surface area (Å²) in [5.74, 6) is -0.114. The van der Waals surface area contributed by atoms with E-state index in [1.807, 2.05) is 26.8 Å². The standard InChI is InChI=1S/C13H18N2O2/c1-13(2,3)17-12(16)9-7-8-5-4-6-10(8)15-11(9)14/h7H,4-6H2,1-3H3,(H2,14,15). The van der Waals surface area contributed by atoms with Crippen LogP contribution in [0, 0.1) is 0 Å². The van der Waals surface area contributed by atoms with E-state index in [2.05, 4.69) is 4.98 Å². The number of carbonyl (C=O) groups excluding carboxylic acids is 1. The molecule has 0 aliphatic heterocycles. The van der Waals surface area contributed by atoms with Crippen LogP contribution in [-0.2, 0) is 17.6 Å². The van der Waals surface area contributed by atoms with Crippen molar-refractivity contribution in [1.29, 1.82) is 0 Å². The van der Waals surface area contributed by atoms with E-state index in [9.17, 15) is 4.79 Å². The van der Waals surface area contributed by atoms with Crippen molar-refractivity contribution in [2.75, 3.05) is 5.73 Å². The average molecular weight is 234 g/mol. The smallest absolute Gasteiger partial charge is 0.342 e. The highest BCUT2D eigenvalue weighted by atomic mass is 16.6. The third kappa shape index (κ3) is 2.57. The van der Waals surface area contributed by atoms with Crippen LogP contribution in [0.1, 0.15) is 48.8 Å². The van der Waals surface area contributed by atoms with E-state index in [-0.39, 0.29) is 5.82 Å². The van der Waals surface area contributed by atoms with Gasteiger partial charge in [0.1, 0.15) is 17.0 Å². The molecule has 4 nitrogen and oxygen atoms in total. The van der Waals surface area contributed by atoms with Gasteiger partial charge < -0.3 is 10.5 Å². The first-order chi connectivity index (χ1) is 7.87. The molecule has 92 valence electrons. The molecule has 2 rings (SSSR count). The number of nitrogens with zero attached hydrogens (tertiary/aromatic N) is 1. The number of aromatic nitrogens is 1. The predicted molar refractivity (Wildman–Crippen MR) is 65.8 cm³/mol. The second kappa shape index (κ2) is 4.02. The highest BCUT2D eigenvalue weighted by molar-refractivity contribution is 5.94. The summed E-state index contributed by atoms with van der Waals surface area (Å²) in [5.41, 5.74) is 7.83. The number of nitrogen functional groups attached to an aromatic ring is 1. The predicted octanol–water partition coefficient (Wildman–Crippen LogP) is 2.11. The van der Waals surface area contributed by atoms with Gasteiger partial charge in [-0.3, -0.25) is 0 Å². The van der Waals surface area contributed by atoms with Crippen molar-refractivity contribution in [3.05, 3.63) is 22.9 Å². The molecule has 1 aromatic heterocycles. The Morgan fingerprint density at radius 3 is 2.76 bits per heavy atom. The monoisotopic (exact) mass is 234 g/mol. The maximum Gasteiger partial charge on any atom is 0.342 e. The third-order valence-corrected chi connectivity index (χ3v) is 2.70. The number of ether oxygens (including phenoxy) is 1. The van der Waals surface area contributed by atoms with Crippen LogP contribution >= 0.6 is 0 Å². The quantitative estimate of drug-likeness (QED) is 0.756. The summed E-state index contributed by atoms with van der Waals surface area (Å²) in [5, 5.41) is 0. The lowest BCUT2D eigenvalue weighted by atomic mass is 10.1. The minimum Gasteiger partial charge on any atom is -0.456 e. The van der Waals surface area contributed by atoms with Gasteiger partial charge in [-0.2, -0.15) is 0 Å². The van der Waals surface area contributed by atoms with Gasteiger partial charge >= 0.3 is 5.97 Å². The number of fused-ring (bicyclic) bond motifs is 1. The van der Waals surface area contributed by atoms with Gasteiger partial charge in [0, 0.05) is 5.69 Å². The molecule has 0 bridgehead atoms. The Bertz CT molecular complexity index is 461. The van der Waals surface area contributed by atoms with Crippen molar-refractivity contribution in [1.82, 2.24) is 4.98 Å². The maximum atomic E-state index is 11.9. The molecule has 0 aromatic carbocycles. The van der Waals surface area contributed by atoms with Crippen LogP contribution in [0.25, 0.3) is 0 Å². The minimum atomic E-state index is -0.511. The van der Waals surface area contributed by atoms with Crippen molar-refractivity contribution >= 4 is 11.8 Å². The van der Waals surface area contributed by atoms with Crippen molar-refractivity contribution in [2.24, 2.45) is 0 Å². The van der Waals surface area contributed by atoms with Gasteiger partial charge in [-0.1, -0.05) is 0 Å². The molecule has 1 heterocycles. The topological polar surface area (TPSA) is 65.2 Å².